The van der Waals surface area contributed by atoms with Crippen LogP contribution in [0.4, 0.5) is 0 Å². The van der Waals surface area contributed by atoms with Gasteiger partial charge in [0.15, 0.2) is 0 Å². The van der Waals surface area contributed by atoms with Gasteiger partial charge in [-0.05, 0) is 37.2 Å². The van der Waals surface area contributed by atoms with Gasteiger partial charge in [0.05, 0.1) is 42.5 Å². The number of ether oxygens (including phenoxy) is 1. The van der Waals surface area contributed by atoms with Crippen molar-refractivity contribution in [3.63, 3.8) is 0 Å². The van der Waals surface area contributed by atoms with Gasteiger partial charge in [-0.15, -0.1) is 11.3 Å². The third kappa shape index (κ3) is 14.2. The summed E-state index contributed by atoms with van der Waals surface area (Å²) in [7, 11) is 0. The second kappa shape index (κ2) is 22.7. The van der Waals surface area contributed by atoms with Crippen molar-refractivity contribution in [2.45, 2.75) is 122 Å². The number of thiazole rings is 1. The van der Waals surface area contributed by atoms with Crippen LogP contribution in [0.2, 0.25) is 0 Å². The second-order valence-electron chi connectivity index (χ2n) is 14.7. The van der Waals surface area contributed by atoms with Crippen LogP contribution in [0.15, 0.2) is 41.2 Å². The topological polar surface area (TPSA) is 150 Å². The molecule has 1 aromatic heterocycles. The van der Waals surface area contributed by atoms with E-state index in [0.29, 0.717) is 57.3 Å². The summed E-state index contributed by atoms with van der Waals surface area (Å²) in [6.45, 7) is 6.48. The highest BCUT2D eigenvalue weighted by Crippen LogP contribution is 2.29. The molecule has 12 heteroatoms. The van der Waals surface area contributed by atoms with Crippen molar-refractivity contribution in [2.75, 3.05) is 32.8 Å². The summed E-state index contributed by atoms with van der Waals surface area (Å²) in [6, 6.07) is 8.02. The Morgan fingerprint density at radius 1 is 0.962 bits per heavy atom. The maximum absolute atomic E-state index is 14.2. The number of carbonyl (C=O) groups is 4. The number of hydrogen-bond acceptors (Lipinski definition) is 8. The van der Waals surface area contributed by atoms with E-state index in [4.69, 9.17) is 4.74 Å². The average molecular weight is 740 g/mol. The summed E-state index contributed by atoms with van der Waals surface area (Å²) in [5.74, 6) is -1.78. The fraction of sp³-hybridized carbons (Fsp3) is 0.675. The van der Waals surface area contributed by atoms with Gasteiger partial charge < -0.3 is 30.7 Å². The SMILES string of the molecule is CCCCCCNC(=O)C(C)CC(O)C(CC1CCCCC1)NC(=O)[C@H](Cc1cscn1)NC(=O)[C@@H](CC(=O)N1CCOCC1)Cc1ccccc1. The molecule has 1 aliphatic carbocycles. The molecular weight excluding hydrogens is 679 g/mol. The van der Waals surface area contributed by atoms with E-state index in [0.717, 1.165) is 56.9 Å². The van der Waals surface area contributed by atoms with Gasteiger partial charge in [0.25, 0.3) is 0 Å². The third-order valence-corrected chi connectivity index (χ3v) is 11.1. The number of carbonyl (C=O) groups excluding carboxylic acids is 4. The smallest absolute Gasteiger partial charge is 0.243 e. The highest BCUT2D eigenvalue weighted by atomic mass is 32.1. The lowest BCUT2D eigenvalue weighted by atomic mass is 9.82. The molecule has 0 bridgehead atoms. The molecule has 2 fully saturated rings. The number of morpholine rings is 1. The van der Waals surface area contributed by atoms with Crippen molar-refractivity contribution in [3.8, 4) is 0 Å². The Hall–Kier alpha value is -3.35. The largest absolute Gasteiger partial charge is 0.391 e. The standard InChI is InChI=1S/C40H61N5O6S/c1-3-4-5-12-17-41-38(48)29(2)22-36(46)34(24-31-15-10-7-11-16-31)43-40(50)35(26-33-27-52-28-42-33)44-39(49)32(23-30-13-8-6-9-14-30)25-37(47)45-18-20-51-21-19-45/h6,8-9,13-14,27-29,31-32,34-36,46H,3-5,7,10-12,15-26H2,1-2H3,(H,41,48)(H,43,50)(H,44,49)/t29?,32-,34?,35+,36?/m1/s1. The summed E-state index contributed by atoms with van der Waals surface area (Å²) in [6.07, 6.45) is 10.1. The zero-order chi connectivity index (χ0) is 37.1. The van der Waals surface area contributed by atoms with E-state index in [1.807, 2.05) is 42.6 Å². The summed E-state index contributed by atoms with van der Waals surface area (Å²) >= 11 is 1.41. The number of aliphatic hydroxyl groups excluding tert-OH is 1. The fourth-order valence-corrected chi connectivity index (χ4v) is 7.88. The highest BCUT2D eigenvalue weighted by Gasteiger charge is 2.34. The van der Waals surface area contributed by atoms with E-state index >= 15 is 0 Å². The third-order valence-electron chi connectivity index (χ3n) is 10.5. The zero-order valence-electron chi connectivity index (χ0n) is 31.2. The fourth-order valence-electron chi connectivity index (χ4n) is 7.30. The number of rotatable bonds is 21. The monoisotopic (exact) mass is 739 g/mol. The molecule has 1 saturated carbocycles. The van der Waals surface area contributed by atoms with Gasteiger partial charge in [-0.3, -0.25) is 19.2 Å². The van der Waals surface area contributed by atoms with Crippen molar-refractivity contribution < 1.29 is 29.0 Å². The first-order chi connectivity index (χ1) is 25.2. The van der Waals surface area contributed by atoms with E-state index in [1.165, 1.54) is 17.8 Å². The quantitative estimate of drug-likeness (QED) is 0.134. The Morgan fingerprint density at radius 3 is 2.40 bits per heavy atom. The molecule has 2 aliphatic rings. The first-order valence-electron chi connectivity index (χ1n) is 19.6. The van der Waals surface area contributed by atoms with Crippen LogP contribution in [0.25, 0.3) is 0 Å². The molecule has 4 amide bonds. The van der Waals surface area contributed by atoms with Crippen LogP contribution in [0.1, 0.15) is 102 Å². The number of aliphatic hydroxyl groups is 1. The van der Waals surface area contributed by atoms with Crippen LogP contribution in [0, 0.1) is 17.8 Å². The number of unbranched alkanes of at least 4 members (excludes halogenated alkanes) is 3. The number of aromatic nitrogens is 1. The molecule has 5 atom stereocenters. The highest BCUT2D eigenvalue weighted by molar-refractivity contribution is 7.07. The molecule has 2 heterocycles. The molecule has 52 heavy (non-hydrogen) atoms. The Kier molecular flexibility index (Phi) is 18.0. The number of nitrogens with zero attached hydrogens (tertiary/aromatic N) is 2. The molecular formula is C40H61N5O6S. The normalized spacial score (nSPS) is 18.1. The molecule has 2 aromatic rings. The number of nitrogens with one attached hydrogen (secondary N) is 3. The van der Waals surface area contributed by atoms with E-state index in [-0.39, 0.29) is 37.0 Å². The van der Waals surface area contributed by atoms with E-state index in [2.05, 4.69) is 27.9 Å². The van der Waals surface area contributed by atoms with Gasteiger partial charge in [0.2, 0.25) is 23.6 Å². The molecule has 1 aromatic carbocycles. The van der Waals surface area contributed by atoms with E-state index in [1.54, 1.807) is 10.4 Å². The van der Waals surface area contributed by atoms with E-state index in [9.17, 15) is 24.3 Å². The molecule has 4 rings (SSSR count). The van der Waals surface area contributed by atoms with Crippen LogP contribution in [-0.2, 0) is 36.8 Å². The van der Waals surface area contributed by atoms with Crippen LogP contribution < -0.4 is 16.0 Å². The second-order valence-corrected chi connectivity index (χ2v) is 15.5. The van der Waals surface area contributed by atoms with Crippen molar-refractivity contribution in [3.05, 3.63) is 52.5 Å². The minimum absolute atomic E-state index is 0.00728. The maximum Gasteiger partial charge on any atom is 0.243 e. The van der Waals surface area contributed by atoms with Crippen LogP contribution in [-0.4, -0.2) is 89.7 Å². The van der Waals surface area contributed by atoms with Gasteiger partial charge in [0.1, 0.15) is 6.04 Å². The van der Waals surface area contributed by atoms with Crippen molar-refractivity contribution in [2.24, 2.45) is 17.8 Å². The Labute approximate surface area is 314 Å². The lowest BCUT2D eigenvalue weighted by molar-refractivity contribution is -0.140. The zero-order valence-corrected chi connectivity index (χ0v) is 32.0. The van der Waals surface area contributed by atoms with Gasteiger partial charge in [-0.1, -0.05) is 95.5 Å². The Balaban J connectivity index is 1.48. The molecule has 0 radical (unpaired) electrons. The van der Waals surface area contributed by atoms with Crippen molar-refractivity contribution in [1.82, 2.24) is 25.8 Å². The predicted octanol–water partition coefficient (Wildman–Crippen LogP) is 4.82. The Bertz CT molecular complexity index is 1350. The minimum Gasteiger partial charge on any atom is -0.391 e. The lowest BCUT2D eigenvalue weighted by Crippen LogP contribution is -2.55. The number of benzene rings is 1. The van der Waals surface area contributed by atoms with Gasteiger partial charge in [-0.25, -0.2) is 4.98 Å². The Morgan fingerprint density at radius 2 is 1.71 bits per heavy atom. The predicted molar refractivity (Wildman–Crippen MR) is 203 cm³/mol. The van der Waals surface area contributed by atoms with Crippen molar-refractivity contribution in [1.29, 1.82) is 0 Å². The molecule has 3 unspecified atom stereocenters. The first-order valence-corrected chi connectivity index (χ1v) is 20.5. The number of hydrogen-bond donors (Lipinski definition) is 4. The summed E-state index contributed by atoms with van der Waals surface area (Å²) in [4.78, 5) is 60.8. The van der Waals surface area contributed by atoms with E-state index < -0.39 is 35.9 Å². The van der Waals surface area contributed by atoms with Gasteiger partial charge in [0, 0.05) is 43.8 Å². The van der Waals surface area contributed by atoms with Crippen LogP contribution >= 0.6 is 11.3 Å². The summed E-state index contributed by atoms with van der Waals surface area (Å²) in [5, 5.41) is 22.6. The maximum atomic E-state index is 14.2. The average Bonchev–Trinajstić information content (AvgIpc) is 3.68. The van der Waals surface area contributed by atoms with Gasteiger partial charge >= 0.3 is 0 Å². The number of amides is 4. The lowest BCUT2D eigenvalue weighted by Gasteiger charge is -2.32. The van der Waals surface area contributed by atoms with Crippen LogP contribution in [0.5, 0.6) is 0 Å². The first kappa shape index (κ1) is 41.4. The minimum atomic E-state index is -0.976. The summed E-state index contributed by atoms with van der Waals surface area (Å²) in [5.41, 5.74) is 3.28. The molecule has 288 valence electrons. The molecule has 1 aliphatic heterocycles. The van der Waals surface area contributed by atoms with Crippen molar-refractivity contribution >= 4 is 35.0 Å². The summed E-state index contributed by atoms with van der Waals surface area (Å²) < 4.78 is 5.42. The molecule has 4 N–H and O–H groups in total. The van der Waals surface area contributed by atoms with Crippen LogP contribution in [0.3, 0.4) is 0 Å². The molecule has 0 spiro atoms. The van der Waals surface area contributed by atoms with Gasteiger partial charge in [-0.2, -0.15) is 0 Å². The molecule has 1 saturated heterocycles. The molecule has 11 nitrogen and oxygen atoms in total.